The van der Waals surface area contributed by atoms with Crippen LogP contribution in [0.5, 0.6) is 11.5 Å². The van der Waals surface area contributed by atoms with E-state index >= 15 is 0 Å². The average molecular weight is 288 g/mol. The Kier molecular flexibility index (Phi) is 4.45. The molecule has 0 bridgehead atoms. The molecule has 0 N–H and O–H groups in total. The van der Waals surface area contributed by atoms with Gasteiger partial charge in [0.2, 0.25) is 0 Å². The van der Waals surface area contributed by atoms with Gasteiger partial charge in [0.15, 0.2) is 17.2 Å². The van der Waals surface area contributed by atoms with Crippen molar-refractivity contribution in [1.29, 1.82) is 0 Å². The molecule has 0 atom stereocenters. The Bertz CT molecular complexity index is 658. The number of benzene rings is 1. The van der Waals surface area contributed by atoms with Crippen LogP contribution < -0.4 is 9.47 Å². The number of rotatable bonds is 4. The van der Waals surface area contributed by atoms with Crippen LogP contribution in [-0.4, -0.2) is 36.1 Å². The number of hydrogen-bond acceptors (Lipinski definition) is 7. The lowest BCUT2D eigenvalue weighted by Gasteiger charge is -2.10. The van der Waals surface area contributed by atoms with Gasteiger partial charge < -0.3 is 14.2 Å². The Morgan fingerprint density at radius 3 is 2.48 bits per heavy atom. The SMILES string of the molecule is COC(=O)c1ccc(OC(=O)c2cnccn2)c(OC)c1. The number of methoxy groups -OCH3 is 2. The molecule has 0 radical (unpaired) electrons. The molecule has 2 rings (SSSR count). The smallest absolute Gasteiger partial charge is 0.364 e. The van der Waals surface area contributed by atoms with Gasteiger partial charge in [0, 0.05) is 12.4 Å². The van der Waals surface area contributed by atoms with Gasteiger partial charge in [-0.05, 0) is 18.2 Å². The fourth-order valence-corrected chi connectivity index (χ4v) is 1.55. The molecule has 1 aromatic heterocycles. The van der Waals surface area contributed by atoms with Crippen molar-refractivity contribution in [3.63, 3.8) is 0 Å². The summed E-state index contributed by atoms with van der Waals surface area (Å²) in [4.78, 5) is 30.9. The first kappa shape index (κ1) is 14.4. The fraction of sp³-hybridized carbons (Fsp3) is 0.143. The first-order chi connectivity index (χ1) is 10.2. The first-order valence-electron chi connectivity index (χ1n) is 5.90. The number of carbonyl (C=O) groups is 2. The lowest BCUT2D eigenvalue weighted by atomic mass is 10.2. The number of carbonyl (C=O) groups excluding carboxylic acids is 2. The normalized spacial score (nSPS) is 9.81. The van der Waals surface area contributed by atoms with Gasteiger partial charge in [0.05, 0.1) is 26.0 Å². The zero-order valence-corrected chi connectivity index (χ0v) is 11.4. The summed E-state index contributed by atoms with van der Waals surface area (Å²) in [6.45, 7) is 0. The van der Waals surface area contributed by atoms with Crippen LogP contribution >= 0.6 is 0 Å². The lowest BCUT2D eigenvalue weighted by Crippen LogP contribution is -2.11. The minimum Gasteiger partial charge on any atom is -0.493 e. The van der Waals surface area contributed by atoms with E-state index in [0.717, 1.165) is 0 Å². The number of ether oxygens (including phenoxy) is 3. The van der Waals surface area contributed by atoms with Crippen LogP contribution in [0, 0.1) is 0 Å². The molecule has 0 spiro atoms. The molecular weight excluding hydrogens is 276 g/mol. The average Bonchev–Trinajstić information content (AvgIpc) is 2.55. The van der Waals surface area contributed by atoms with E-state index in [9.17, 15) is 9.59 Å². The molecule has 0 fully saturated rings. The maximum atomic E-state index is 11.9. The second-order valence-corrected chi connectivity index (χ2v) is 3.84. The Morgan fingerprint density at radius 2 is 1.86 bits per heavy atom. The van der Waals surface area contributed by atoms with Crippen LogP contribution in [0.25, 0.3) is 0 Å². The quantitative estimate of drug-likeness (QED) is 0.622. The second kappa shape index (κ2) is 6.47. The molecule has 0 saturated carbocycles. The molecule has 7 heteroatoms. The maximum Gasteiger partial charge on any atom is 0.364 e. The molecule has 0 aliphatic rings. The van der Waals surface area contributed by atoms with Gasteiger partial charge in [-0.3, -0.25) is 4.98 Å². The molecule has 0 saturated heterocycles. The first-order valence-corrected chi connectivity index (χ1v) is 5.90. The van der Waals surface area contributed by atoms with Crippen molar-refractivity contribution in [3.05, 3.63) is 48.0 Å². The highest BCUT2D eigenvalue weighted by Crippen LogP contribution is 2.28. The lowest BCUT2D eigenvalue weighted by molar-refractivity contribution is 0.0600. The summed E-state index contributed by atoms with van der Waals surface area (Å²) in [6.07, 6.45) is 4.12. The minimum atomic E-state index is -0.674. The Hall–Kier alpha value is -2.96. The van der Waals surface area contributed by atoms with Gasteiger partial charge >= 0.3 is 11.9 Å². The predicted octanol–water partition coefficient (Wildman–Crippen LogP) is 1.49. The Balaban J connectivity index is 2.24. The van der Waals surface area contributed by atoms with Crippen molar-refractivity contribution in [1.82, 2.24) is 9.97 Å². The largest absolute Gasteiger partial charge is 0.493 e. The minimum absolute atomic E-state index is 0.0663. The van der Waals surface area contributed by atoms with Gasteiger partial charge in [-0.1, -0.05) is 0 Å². The third kappa shape index (κ3) is 3.33. The summed E-state index contributed by atoms with van der Waals surface area (Å²) in [5.41, 5.74) is 0.352. The van der Waals surface area contributed by atoms with Gasteiger partial charge in [-0.15, -0.1) is 0 Å². The number of nitrogens with zero attached hydrogens (tertiary/aromatic N) is 2. The van der Waals surface area contributed by atoms with Crippen molar-refractivity contribution >= 4 is 11.9 Å². The van der Waals surface area contributed by atoms with E-state index in [1.54, 1.807) is 0 Å². The molecule has 1 aromatic carbocycles. The summed E-state index contributed by atoms with van der Waals surface area (Å²) in [5, 5.41) is 0. The highest BCUT2D eigenvalue weighted by molar-refractivity contribution is 5.91. The molecule has 108 valence electrons. The molecule has 1 heterocycles. The van der Waals surface area contributed by atoms with E-state index in [2.05, 4.69) is 14.7 Å². The van der Waals surface area contributed by atoms with Gasteiger partial charge in [0.25, 0.3) is 0 Å². The topological polar surface area (TPSA) is 87.6 Å². The van der Waals surface area contributed by atoms with E-state index in [0.29, 0.717) is 0 Å². The van der Waals surface area contributed by atoms with Crippen molar-refractivity contribution in [2.45, 2.75) is 0 Å². The summed E-state index contributed by atoms with van der Waals surface area (Å²) >= 11 is 0. The molecule has 0 aliphatic heterocycles. The van der Waals surface area contributed by atoms with E-state index in [-0.39, 0.29) is 22.8 Å². The number of esters is 2. The van der Waals surface area contributed by atoms with E-state index in [1.165, 1.54) is 51.0 Å². The standard InChI is InChI=1S/C14H12N2O5/c1-19-12-7-9(13(17)20-2)3-4-11(12)21-14(18)10-8-15-5-6-16-10/h3-8H,1-2H3. The number of aromatic nitrogens is 2. The van der Waals surface area contributed by atoms with Crippen molar-refractivity contribution in [2.75, 3.05) is 14.2 Å². The zero-order chi connectivity index (χ0) is 15.2. The van der Waals surface area contributed by atoms with Crippen LogP contribution in [0.4, 0.5) is 0 Å². The van der Waals surface area contributed by atoms with Crippen molar-refractivity contribution in [3.8, 4) is 11.5 Å². The monoisotopic (exact) mass is 288 g/mol. The summed E-state index contributed by atoms with van der Waals surface area (Å²) < 4.78 is 14.9. The van der Waals surface area contributed by atoms with E-state index in [4.69, 9.17) is 9.47 Å². The highest BCUT2D eigenvalue weighted by atomic mass is 16.6. The van der Waals surface area contributed by atoms with Crippen LogP contribution in [0.1, 0.15) is 20.8 Å². The van der Waals surface area contributed by atoms with Crippen LogP contribution in [0.15, 0.2) is 36.8 Å². The second-order valence-electron chi connectivity index (χ2n) is 3.84. The molecule has 0 amide bonds. The number of hydrogen-bond donors (Lipinski definition) is 0. The molecular formula is C14H12N2O5. The Morgan fingerprint density at radius 1 is 1.05 bits per heavy atom. The summed E-state index contributed by atoms with van der Waals surface area (Å²) in [5.74, 6) is -0.789. The van der Waals surface area contributed by atoms with Crippen LogP contribution in [0.2, 0.25) is 0 Å². The predicted molar refractivity (Wildman–Crippen MR) is 71.3 cm³/mol. The molecule has 0 aliphatic carbocycles. The third-order valence-corrected chi connectivity index (χ3v) is 2.56. The zero-order valence-electron chi connectivity index (χ0n) is 11.4. The van der Waals surface area contributed by atoms with E-state index < -0.39 is 11.9 Å². The maximum absolute atomic E-state index is 11.9. The van der Waals surface area contributed by atoms with Crippen molar-refractivity contribution < 1.29 is 23.8 Å². The Labute approximate surface area is 120 Å². The summed E-state index contributed by atoms with van der Waals surface area (Å²) in [6, 6.07) is 4.33. The van der Waals surface area contributed by atoms with E-state index in [1.807, 2.05) is 0 Å². The molecule has 21 heavy (non-hydrogen) atoms. The molecule has 0 unspecified atom stereocenters. The van der Waals surface area contributed by atoms with Crippen LogP contribution in [-0.2, 0) is 4.74 Å². The van der Waals surface area contributed by atoms with Gasteiger partial charge in [0.1, 0.15) is 0 Å². The third-order valence-electron chi connectivity index (χ3n) is 2.56. The van der Waals surface area contributed by atoms with Gasteiger partial charge in [-0.2, -0.15) is 0 Å². The summed E-state index contributed by atoms with van der Waals surface area (Å²) in [7, 11) is 2.67. The van der Waals surface area contributed by atoms with Gasteiger partial charge in [-0.25, -0.2) is 14.6 Å². The van der Waals surface area contributed by atoms with Crippen molar-refractivity contribution in [2.24, 2.45) is 0 Å². The highest BCUT2D eigenvalue weighted by Gasteiger charge is 2.16. The van der Waals surface area contributed by atoms with Crippen LogP contribution in [0.3, 0.4) is 0 Å². The fourth-order valence-electron chi connectivity index (χ4n) is 1.55. The molecule has 2 aromatic rings. The molecule has 7 nitrogen and oxygen atoms in total.